The molecule has 1 heterocycles. The molecule has 0 aliphatic rings. The van der Waals surface area contributed by atoms with Gasteiger partial charge in [-0.2, -0.15) is 0 Å². The lowest BCUT2D eigenvalue weighted by atomic mass is 9.84. The van der Waals surface area contributed by atoms with E-state index in [2.05, 4.69) is 0 Å². The highest BCUT2D eigenvalue weighted by Crippen LogP contribution is 2.48. The van der Waals surface area contributed by atoms with Crippen molar-refractivity contribution < 1.29 is 19.5 Å². The normalized spacial score (nSPS) is 15.0. The quantitative estimate of drug-likeness (QED) is 0.188. The van der Waals surface area contributed by atoms with E-state index in [1.54, 1.807) is 24.3 Å². The Morgan fingerprint density at radius 1 is 0.378 bits per heavy atom. The molecule has 45 heavy (non-hydrogen) atoms. The molecule has 0 saturated heterocycles. The van der Waals surface area contributed by atoms with Gasteiger partial charge in [0.15, 0.2) is 0 Å². The first-order valence-corrected chi connectivity index (χ1v) is 14.5. The van der Waals surface area contributed by atoms with Gasteiger partial charge in [-0.25, -0.2) is 0 Å². The van der Waals surface area contributed by atoms with Crippen molar-refractivity contribution in [1.82, 2.24) is 0 Å². The van der Waals surface area contributed by atoms with Gasteiger partial charge in [0.05, 0.1) is 15.1 Å². The summed E-state index contributed by atoms with van der Waals surface area (Å²) in [4.78, 5) is 0. The van der Waals surface area contributed by atoms with Crippen LogP contribution in [0.3, 0.4) is 0 Å². The summed E-state index contributed by atoms with van der Waals surface area (Å²) in [6.07, 6.45) is 0. The van der Waals surface area contributed by atoms with Crippen molar-refractivity contribution in [3.8, 4) is 44.5 Å². The number of para-hydroxylation sites is 1. The van der Waals surface area contributed by atoms with E-state index in [9.17, 15) is 2.74 Å². The number of benzene rings is 8. The van der Waals surface area contributed by atoms with Gasteiger partial charge >= 0.3 is 0 Å². The topological polar surface area (TPSA) is 13.1 Å². The number of furan rings is 1. The minimum atomic E-state index is -0.456. The second kappa shape index (κ2) is 10.4. The Morgan fingerprint density at radius 3 is 1.62 bits per heavy atom. The monoisotopic (exact) mass is 583 g/mol. The average Bonchev–Trinajstić information content (AvgIpc) is 3.61. The van der Waals surface area contributed by atoms with Gasteiger partial charge in [-0.1, -0.05) is 158 Å². The predicted octanol–water partition coefficient (Wildman–Crippen LogP) is 12.6. The Bertz CT molecular complexity index is 3050. The molecule has 0 atom stereocenters. The van der Waals surface area contributed by atoms with E-state index in [1.165, 1.54) is 0 Å². The summed E-state index contributed by atoms with van der Waals surface area (Å²) in [6, 6.07) is 28.0. The lowest BCUT2D eigenvalue weighted by Gasteiger charge is -2.19. The molecule has 0 bridgehead atoms. The Balaban J connectivity index is 1.40. The van der Waals surface area contributed by atoms with Crippen LogP contribution in [0.15, 0.2) is 174 Å². The summed E-state index contributed by atoms with van der Waals surface area (Å²) in [5.41, 5.74) is 4.18. The Kier molecular flexibility index (Phi) is 3.87. The molecule has 1 aromatic heterocycles. The molecule has 0 N–H and O–H groups in total. The summed E-state index contributed by atoms with van der Waals surface area (Å²) in [6.45, 7) is 0. The molecule has 0 spiro atoms. The number of fused-ring (bicyclic) bond motifs is 5. The van der Waals surface area contributed by atoms with Gasteiger partial charge < -0.3 is 4.42 Å². The molecule has 0 aliphatic heterocycles. The van der Waals surface area contributed by atoms with Crippen molar-refractivity contribution in [1.29, 1.82) is 0 Å². The lowest BCUT2D eigenvalue weighted by Crippen LogP contribution is -1.92. The largest absolute Gasteiger partial charge is 0.455 e. The molecule has 210 valence electrons. The standard InChI is InChI=1S/C44H28O/c1-3-13-29(14-4-1)30-23-25-32(26-24-30)41-34-17-7-9-19-36(34)42(37-20-10-8-18-35(37)41)39-28-27-33(31-15-5-2-6-16-31)44-43(39)38-21-11-12-22-40(38)45-44/h1-28H/i1D,3D,4D,11D,12D,13D,14D,21D,22D,27D,28D. The van der Waals surface area contributed by atoms with E-state index in [4.69, 9.17) is 16.8 Å². The zero-order chi connectivity index (χ0) is 39.3. The third-order valence-electron chi connectivity index (χ3n) is 8.33. The fourth-order valence-corrected chi connectivity index (χ4v) is 6.38. The SMILES string of the molecule is [2H]c1c([2H])c([2H])c(-c2ccc(-c3c4ccccc4c(-c4c([2H])c([2H])c(-c5ccccc5)c5oc6c([2H])c([2H])c([2H])c([2H])c6c45)c4ccccc34)cc2)c([2H])c1[2H]. The predicted molar refractivity (Wildman–Crippen MR) is 190 cm³/mol. The summed E-state index contributed by atoms with van der Waals surface area (Å²) >= 11 is 0. The molecule has 1 heteroatoms. The Labute approximate surface area is 277 Å². The first-order valence-electron chi connectivity index (χ1n) is 20.0. The molecule has 0 unspecified atom stereocenters. The van der Waals surface area contributed by atoms with Gasteiger partial charge in [-0.3, -0.25) is 0 Å². The highest BCUT2D eigenvalue weighted by atomic mass is 16.3. The van der Waals surface area contributed by atoms with Crippen molar-refractivity contribution in [2.45, 2.75) is 0 Å². The van der Waals surface area contributed by atoms with Crippen LogP contribution in [0, 0.1) is 0 Å². The molecule has 0 radical (unpaired) electrons. The summed E-state index contributed by atoms with van der Waals surface area (Å²) in [5, 5.41) is 3.51. The minimum Gasteiger partial charge on any atom is -0.455 e. The fourth-order valence-electron chi connectivity index (χ4n) is 6.38. The van der Waals surface area contributed by atoms with Crippen LogP contribution in [0.2, 0.25) is 0 Å². The number of hydrogen-bond donors (Lipinski definition) is 0. The molecule has 0 fully saturated rings. The maximum Gasteiger partial charge on any atom is 0.143 e. The number of hydrogen-bond acceptors (Lipinski definition) is 1. The summed E-state index contributed by atoms with van der Waals surface area (Å²) in [5.74, 6) is 0. The maximum atomic E-state index is 9.70. The van der Waals surface area contributed by atoms with Gasteiger partial charge in [-0.05, 0) is 72.6 Å². The second-order valence-corrected chi connectivity index (χ2v) is 10.8. The third kappa shape index (κ3) is 4.09. The van der Waals surface area contributed by atoms with Crippen LogP contribution in [0.4, 0.5) is 0 Å². The Hall–Kier alpha value is -5.92. The van der Waals surface area contributed by atoms with Crippen LogP contribution < -0.4 is 0 Å². The van der Waals surface area contributed by atoms with Gasteiger partial charge in [0.2, 0.25) is 0 Å². The van der Waals surface area contributed by atoms with E-state index in [1.807, 2.05) is 78.9 Å². The molecule has 0 aliphatic carbocycles. The molecular weight excluding hydrogens is 544 g/mol. The van der Waals surface area contributed by atoms with Crippen molar-refractivity contribution >= 4 is 43.5 Å². The highest BCUT2D eigenvalue weighted by Gasteiger charge is 2.22. The fraction of sp³-hybridized carbons (Fsp3) is 0. The zero-order valence-corrected chi connectivity index (χ0v) is 23.7. The second-order valence-electron chi connectivity index (χ2n) is 10.8. The molecule has 0 saturated carbocycles. The maximum absolute atomic E-state index is 9.70. The van der Waals surface area contributed by atoms with Gasteiger partial charge in [0.25, 0.3) is 0 Å². The summed E-state index contributed by atoms with van der Waals surface area (Å²) in [7, 11) is 0. The van der Waals surface area contributed by atoms with Crippen molar-refractivity contribution in [2.75, 3.05) is 0 Å². The van der Waals surface area contributed by atoms with E-state index >= 15 is 0 Å². The van der Waals surface area contributed by atoms with Crippen molar-refractivity contribution in [3.05, 3.63) is 170 Å². The van der Waals surface area contributed by atoms with Crippen LogP contribution in [0.1, 0.15) is 15.1 Å². The van der Waals surface area contributed by atoms with Crippen LogP contribution >= 0.6 is 0 Å². The van der Waals surface area contributed by atoms with Crippen molar-refractivity contribution in [3.63, 3.8) is 0 Å². The van der Waals surface area contributed by atoms with Crippen LogP contribution in [0.25, 0.3) is 88.0 Å². The molecule has 0 amide bonds. The van der Waals surface area contributed by atoms with E-state index < -0.39 is 30.2 Å². The van der Waals surface area contributed by atoms with Gasteiger partial charge in [0.1, 0.15) is 11.2 Å². The van der Waals surface area contributed by atoms with Crippen LogP contribution in [-0.2, 0) is 0 Å². The number of rotatable bonds is 4. The molecule has 9 aromatic rings. The van der Waals surface area contributed by atoms with Crippen molar-refractivity contribution in [2.24, 2.45) is 0 Å². The van der Waals surface area contributed by atoms with E-state index in [-0.39, 0.29) is 58.4 Å². The first-order chi connectivity index (χ1) is 26.9. The molecular formula is C44H28O. The van der Waals surface area contributed by atoms with Gasteiger partial charge in [0, 0.05) is 16.3 Å². The Morgan fingerprint density at radius 2 is 0.933 bits per heavy atom. The van der Waals surface area contributed by atoms with Crippen LogP contribution in [0.5, 0.6) is 0 Å². The molecule has 8 aromatic carbocycles. The summed E-state index contributed by atoms with van der Waals surface area (Å²) < 4.78 is 102. The highest BCUT2D eigenvalue weighted by molar-refractivity contribution is 6.26. The third-order valence-corrected chi connectivity index (χ3v) is 8.33. The van der Waals surface area contributed by atoms with Crippen LogP contribution in [-0.4, -0.2) is 0 Å². The minimum absolute atomic E-state index is 0.0566. The first kappa shape index (κ1) is 16.8. The molecule has 9 rings (SSSR count). The van der Waals surface area contributed by atoms with E-state index in [0.29, 0.717) is 33.2 Å². The van der Waals surface area contributed by atoms with E-state index in [0.717, 1.165) is 32.7 Å². The van der Waals surface area contributed by atoms with Gasteiger partial charge in [-0.15, -0.1) is 0 Å². The molecule has 1 nitrogen and oxygen atoms in total. The lowest BCUT2D eigenvalue weighted by molar-refractivity contribution is 0.670. The smallest absolute Gasteiger partial charge is 0.143 e. The average molecular weight is 584 g/mol. The zero-order valence-electron chi connectivity index (χ0n) is 34.7.